The van der Waals surface area contributed by atoms with E-state index in [9.17, 15) is 19.2 Å². The van der Waals surface area contributed by atoms with Crippen LogP contribution in [0, 0.1) is 11.8 Å². The number of hydrogen-bond acceptors (Lipinski definition) is 5. The number of rotatable bonds is 9. The van der Waals surface area contributed by atoms with Crippen LogP contribution in [0.25, 0.3) is 0 Å². The molecule has 3 aliphatic carbocycles. The van der Waals surface area contributed by atoms with Crippen molar-refractivity contribution in [3.63, 3.8) is 0 Å². The lowest BCUT2D eigenvalue weighted by Crippen LogP contribution is -2.47. The molecule has 41 heavy (non-hydrogen) atoms. The van der Waals surface area contributed by atoms with Crippen molar-refractivity contribution in [3.05, 3.63) is 101 Å². The lowest BCUT2D eigenvalue weighted by molar-refractivity contribution is -0.160. The van der Waals surface area contributed by atoms with Gasteiger partial charge in [-0.05, 0) is 52.8 Å². The van der Waals surface area contributed by atoms with Crippen molar-refractivity contribution in [2.24, 2.45) is 11.8 Å². The highest BCUT2D eigenvalue weighted by atomic mass is 16.5. The second-order valence-corrected chi connectivity index (χ2v) is 11.2. The molecule has 0 aromatic heterocycles. The van der Waals surface area contributed by atoms with Gasteiger partial charge in [-0.25, -0.2) is 4.79 Å². The number of imide groups is 1. The number of nitrogens with zero attached hydrogens (tertiary/aromatic N) is 1. The summed E-state index contributed by atoms with van der Waals surface area (Å²) in [6.07, 6.45) is 2.60. The molecule has 1 heterocycles. The number of carbonyl (C=O) groups is 4. The van der Waals surface area contributed by atoms with E-state index >= 15 is 0 Å². The molecule has 1 N–H and O–H groups in total. The zero-order valence-electron chi connectivity index (χ0n) is 23.3. The van der Waals surface area contributed by atoms with Crippen molar-refractivity contribution in [1.82, 2.24) is 4.90 Å². The summed E-state index contributed by atoms with van der Waals surface area (Å²) >= 11 is 0. The van der Waals surface area contributed by atoms with Crippen LogP contribution in [0.4, 0.5) is 5.69 Å². The van der Waals surface area contributed by atoms with Gasteiger partial charge in [0.2, 0.25) is 11.8 Å². The maximum Gasteiger partial charge on any atom is 0.329 e. The third-order valence-corrected chi connectivity index (χ3v) is 8.89. The number of unbranched alkanes of at least 4 members (excludes halogenated alkanes) is 1. The van der Waals surface area contributed by atoms with Crippen molar-refractivity contribution in [2.45, 2.75) is 57.4 Å². The van der Waals surface area contributed by atoms with E-state index in [1.165, 1.54) is 4.90 Å². The van der Waals surface area contributed by atoms with Crippen LogP contribution < -0.4 is 5.32 Å². The molecule has 4 aliphatic rings. The summed E-state index contributed by atoms with van der Waals surface area (Å²) in [5, 5.41) is 2.73. The number of anilines is 1. The summed E-state index contributed by atoms with van der Waals surface area (Å²) in [6.45, 7) is 3.54. The minimum Gasteiger partial charge on any atom is -0.454 e. The van der Waals surface area contributed by atoms with Gasteiger partial charge in [-0.1, -0.05) is 87.4 Å². The molecule has 7 heteroatoms. The summed E-state index contributed by atoms with van der Waals surface area (Å²) in [5.74, 6) is -3.47. The largest absolute Gasteiger partial charge is 0.454 e. The lowest BCUT2D eigenvalue weighted by atomic mass is 9.55. The van der Waals surface area contributed by atoms with Crippen molar-refractivity contribution in [1.29, 1.82) is 0 Å². The smallest absolute Gasteiger partial charge is 0.329 e. The predicted molar refractivity (Wildman–Crippen MR) is 154 cm³/mol. The third kappa shape index (κ3) is 4.53. The fraction of sp³-hybridized carbons (Fsp3) is 0.353. The molecule has 1 fully saturated rings. The molecule has 0 radical (unpaired) electrons. The van der Waals surface area contributed by atoms with Crippen LogP contribution in [0.15, 0.2) is 72.8 Å². The van der Waals surface area contributed by atoms with Gasteiger partial charge >= 0.3 is 5.97 Å². The number of aryl methyl sites for hydroxylation is 1. The summed E-state index contributed by atoms with van der Waals surface area (Å²) in [4.78, 5) is 55.4. The topological polar surface area (TPSA) is 92.8 Å². The molecule has 7 nitrogen and oxygen atoms in total. The van der Waals surface area contributed by atoms with E-state index in [0.29, 0.717) is 18.5 Å². The Morgan fingerprint density at radius 2 is 1.32 bits per heavy atom. The number of ether oxygens (including phenoxy) is 1. The number of hydrogen-bond donors (Lipinski definition) is 1. The maximum absolute atomic E-state index is 14.1. The summed E-state index contributed by atoms with van der Waals surface area (Å²) in [7, 11) is 0. The average Bonchev–Trinajstić information content (AvgIpc) is 3.26. The predicted octanol–water partition coefficient (Wildman–Crippen LogP) is 5.18. The van der Waals surface area contributed by atoms with Crippen LogP contribution in [0.3, 0.4) is 0 Å². The average molecular weight is 551 g/mol. The Kier molecular flexibility index (Phi) is 7.20. The first-order valence-electron chi connectivity index (χ1n) is 14.5. The number of amides is 3. The monoisotopic (exact) mass is 550 g/mol. The molecule has 7 rings (SSSR count). The van der Waals surface area contributed by atoms with Gasteiger partial charge in [-0.15, -0.1) is 0 Å². The lowest BCUT2D eigenvalue weighted by Gasteiger charge is -2.45. The second-order valence-electron chi connectivity index (χ2n) is 11.2. The van der Waals surface area contributed by atoms with Gasteiger partial charge in [0.05, 0.1) is 11.8 Å². The Bertz CT molecular complexity index is 1400. The highest BCUT2D eigenvalue weighted by Crippen LogP contribution is 2.61. The van der Waals surface area contributed by atoms with Crippen molar-refractivity contribution >= 4 is 29.4 Å². The minimum absolute atomic E-state index is 0.244. The van der Waals surface area contributed by atoms with Crippen LogP contribution in [-0.2, 0) is 30.3 Å². The Hall–Kier alpha value is -4.26. The molecule has 0 spiro atoms. The molecule has 1 saturated heterocycles. The molecule has 3 atom stereocenters. The van der Waals surface area contributed by atoms with Crippen LogP contribution in [0.2, 0.25) is 0 Å². The van der Waals surface area contributed by atoms with Crippen molar-refractivity contribution in [3.8, 4) is 0 Å². The van der Waals surface area contributed by atoms with Gasteiger partial charge in [-0.3, -0.25) is 19.3 Å². The molecule has 3 aromatic carbocycles. The van der Waals surface area contributed by atoms with E-state index in [-0.39, 0.29) is 23.7 Å². The number of nitrogens with one attached hydrogen (secondary N) is 1. The molecular formula is C34H34N2O5. The number of esters is 1. The molecule has 0 unspecified atom stereocenters. The van der Waals surface area contributed by atoms with Gasteiger partial charge in [0.1, 0.15) is 6.04 Å². The first-order chi connectivity index (χ1) is 19.9. The number of likely N-dealkylation sites (tertiary alicyclic amines) is 1. The maximum atomic E-state index is 14.1. The Morgan fingerprint density at radius 1 is 0.805 bits per heavy atom. The zero-order valence-corrected chi connectivity index (χ0v) is 23.3. The number of carbonyl (C=O) groups excluding carboxylic acids is 4. The highest BCUT2D eigenvalue weighted by Gasteiger charge is 2.63. The normalized spacial score (nSPS) is 22.5. The van der Waals surface area contributed by atoms with E-state index in [4.69, 9.17) is 4.74 Å². The van der Waals surface area contributed by atoms with E-state index in [2.05, 4.69) is 36.5 Å². The molecule has 0 saturated carbocycles. The van der Waals surface area contributed by atoms with Gasteiger partial charge in [0, 0.05) is 17.5 Å². The Morgan fingerprint density at radius 3 is 1.78 bits per heavy atom. The minimum atomic E-state index is -1.07. The van der Waals surface area contributed by atoms with Gasteiger partial charge in [0.15, 0.2) is 6.61 Å². The molecule has 1 aliphatic heterocycles. The van der Waals surface area contributed by atoms with E-state index in [1.54, 1.807) is 12.1 Å². The van der Waals surface area contributed by atoms with Gasteiger partial charge in [0.25, 0.3) is 5.91 Å². The van der Waals surface area contributed by atoms with Gasteiger partial charge < -0.3 is 10.1 Å². The molecule has 210 valence electrons. The summed E-state index contributed by atoms with van der Waals surface area (Å²) in [6, 6.07) is 22.5. The molecule has 3 aromatic rings. The fourth-order valence-electron chi connectivity index (χ4n) is 7.01. The first-order valence-corrected chi connectivity index (χ1v) is 14.5. The number of benzene rings is 3. The summed E-state index contributed by atoms with van der Waals surface area (Å²) in [5.41, 5.74) is 6.07. The van der Waals surface area contributed by atoms with E-state index in [0.717, 1.165) is 40.7 Å². The summed E-state index contributed by atoms with van der Waals surface area (Å²) < 4.78 is 5.44. The standard InChI is InChI=1S/C34H34N2O5/c1-3-5-14-26(34(40)41-19-27(37)35-21-17-15-20(4-2)16-18-21)36-32(38)30-28-22-10-6-7-11-23(22)29(31(30)33(36)39)25-13-9-8-12-24(25)28/h6-13,15-18,26,28-31H,3-5,14,19H2,1-2H3,(H,35,37)/t26-,28?,29?,30-,31-/m1/s1. The molecular weight excluding hydrogens is 516 g/mol. The highest BCUT2D eigenvalue weighted by molar-refractivity contribution is 6.10. The van der Waals surface area contributed by atoms with E-state index in [1.807, 2.05) is 43.3 Å². The quantitative estimate of drug-likeness (QED) is 0.293. The second kappa shape index (κ2) is 11.0. The van der Waals surface area contributed by atoms with E-state index < -0.39 is 36.4 Å². The van der Waals surface area contributed by atoms with Crippen LogP contribution in [0.5, 0.6) is 0 Å². The van der Waals surface area contributed by atoms with Crippen molar-refractivity contribution < 1.29 is 23.9 Å². The van der Waals surface area contributed by atoms with Crippen LogP contribution in [-0.4, -0.2) is 41.2 Å². The molecule has 2 bridgehead atoms. The van der Waals surface area contributed by atoms with Crippen LogP contribution in [0.1, 0.15) is 72.8 Å². The third-order valence-electron chi connectivity index (χ3n) is 8.89. The van der Waals surface area contributed by atoms with Crippen LogP contribution >= 0.6 is 0 Å². The molecule has 3 amide bonds. The fourth-order valence-corrected chi connectivity index (χ4v) is 7.01. The van der Waals surface area contributed by atoms with Gasteiger partial charge in [-0.2, -0.15) is 0 Å². The first kappa shape index (κ1) is 26.9. The Labute approximate surface area is 239 Å². The SMILES string of the molecule is CCCC[C@H](C(=O)OCC(=O)Nc1ccc(CC)cc1)N1C(=O)[C@@H]2C3c4ccccc4C(c4ccccc43)[C@H]2C1=O. The zero-order chi connectivity index (χ0) is 28.7. The Balaban J connectivity index is 1.24. The van der Waals surface area contributed by atoms with Crippen molar-refractivity contribution in [2.75, 3.05) is 11.9 Å².